The molecule has 10 heteroatoms. The lowest BCUT2D eigenvalue weighted by molar-refractivity contribution is -0.137. The second-order valence-electron chi connectivity index (χ2n) is 6.59. The number of imidazole rings is 1. The Balaban J connectivity index is 1.52. The minimum absolute atomic E-state index is 0.248. The van der Waals surface area contributed by atoms with Crippen LogP contribution in [0.15, 0.2) is 73.2 Å². The first-order chi connectivity index (χ1) is 14.2. The minimum Gasteiger partial charge on any atom is -0.291 e. The highest BCUT2D eigenvalue weighted by Gasteiger charge is 2.30. The van der Waals surface area contributed by atoms with Gasteiger partial charge in [-0.2, -0.15) is 13.2 Å². The zero-order chi connectivity index (χ0) is 21.4. The number of halogens is 3. The molecule has 0 aliphatic rings. The zero-order valence-corrected chi connectivity index (χ0v) is 16.2. The number of sulfonamides is 1. The third-order valence-electron chi connectivity index (χ3n) is 4.31. The highest BCUT2D eigenvalue weighted by atomic mass is 32.2. The predicted molar refractivity (Wildman–Crippen MR) is 106 cm³/mol. The first-order valence-electron chi connectivity index (χ1n) is 8.76. The van der Waals surface area contributed by atoms with Crippen LogP contribution in [0.5, 0.6) is 0 Å². The normalized spacial score (nSPS) is 12.2. The van der Waals surface area contributed by atoms with Gasteiger partial charge in [-0.3, -0.25) is 9.12 Å². The summed E-state index contributed by atoms with van der Waals surface area (Å²) in [5, 5.41) is 0. The molecule has 0 unspecified atom stereocenters. The van der Waals surface area contributed by atoms with Crippen LogP contribution < -0.4 is 4.72 Å². The van der Waals surface area contributed by atoms with Crippen LogP contribution >= 0.6 is 0 Å². The summed E-state index contributed by atoms with van der Waals surface area (Å²) in [6, 6.07) is 12.5. The highest BCUT2D eigenvalue weighted by Crippen LogP contribution is 2.29. The van der Waals surface area contributed by atoms with E-state index in [1.165, 1.54) is 0 Å². The number of nitrogens with one attached hydrogen (secondary N) is 1. The highest BCUT2D eigenvalue weighted by molar-refractivity contribution is 7.91. The fourth-order valence-electron chi connectivity index (χ4n) is 2.94. The van der Waals surface area contributed by atoms with E-state index in [-0.39, 0.29) is 5.56 Å². The Morgan fingerprint density at radius 2 is 1.80 bits per heavy atom. The molecule has 0 fully saturated rings. The summed E-state index contributed by atoms with van der Waals surface area (Å²) in [5.74, 6) is 0.0639. The molecule has 4 rings (SSSR count). The van der Waals surface area contributed by atoms with Crippen molar-refractivity contribution < 1.29 is 21.6 Å². The Labute approximate surface area is 170 Å². The number of fused-ring (bicyclic) bond motifs is 1. The molecule has 0 radical (unpaired) electrons. The molecule has 30 heavy (non-hydrogen) atoms. The van der Waals surface area contributed by atoms with Gasteiger partial charge in [0.2, 0.25) is 15.8 Å². The number of benzene rings is 2. The van der Waals surface area contributed by atoms with Gasteiger partial charge in [-0.1, -0.05) is 24.3 Å². The van der Waals surface area contributed by atoms with Crippen molar-refractivity contribution in [2.24, 2.45) is 0 Å². The maximum Gasteiger partial charge on any atom is 0.416 e. The van der Waals surface area contributed by atoms with Crippen LogP contribution in [0, 0.1) is 0 Å². The van der Waals surface area contributed by atoms with Crippen molar-refractivity contribution in [2.45, 2.75) is 11.9 Å². The Bertz CT molecular complexity index is 1270. The van der Waals surface area contributed by atoms with Crippen LogP contribution in [-0.4, -0.2) is 22.8 Å². The van der Waals surface area contributed by atoms with Crippen molar-refractivity contribution in [2.75, 3.05) is 4.72 Å². The van der Waals surface area contributed by atoms with Crippen LogP contribution in [0.1, 0.15) is 11.1 Å². The topological polar surface area (TPSA) is 76.4 Å². The summed E-state index contributed by atoms with van der Waals surface area (Å²) in [4.78, 5) is 8.55. The first kappa shape index (κ1) is 19.9. The average Bonchev–Trinajstić information content (AvgIpc) is 3.11. The van der Waals surface area contributed by atoms with E-state index in [2.05, 4.69) is 14.7 Å². The van der Waals surface area contributed by atoms with Crippen LogP contribution in [0.3, 0.4) is 0 Å². The second-order valence-corrected chi connectivity index (χ2v) is 8.31. The van der Waals surface area contributed by atoms with Gasteiger partial charge in [0, 0.05) is 29.8 Å². The number of alkyl halides is 3. The molecule has 154 valence electrons. The van der Waals surface area contributed by atoms with Gasteiger partial charge >= 0.3 is 6.18 Å². The SMILES string of the molecule is O=S(=O)(Cc1ccc(C(F)(F)F)cc1)Nc1cccc(-c2cn3cccnc3n2)c1. The fourth-order valence-corrected chi connectivity index (χ4v) is 4.13. The van der Waals surface area contributed by atoms with E-state index in [4.69, 9.17) is 0 Å². The summed E-state index contributed by atoms with van der Waals surface area (Å²) in [6.45, 7) is 0. The summed E-state index contributed by atoms with van der Waals surface area (Å²) >= 11 is 0. The van der Waals surface area contributed by atoms with Gasteiger partial charge in [0.1, 0.15) is 0 Å². The van der Waals surface area contributed by atoms with Crippen molar-refractivity contribution in [3.63, 3.8) is 0 Å². The van der Waals surface area contributed by atoms with Gasteiger partial charge < -0.3 is 0 Å². The van der Waals surface area contributed by atoms with Crippen LogP contribution in [-0.2, 0) is 22.0 Å². The van der Waals surface area contributed by atoms with Crippen molar-refractivity contribution in [1.82, 2.24) is 14.4 Å². The Morgan fingerprint density at radius 3 is 2.50 bits per heavy atom. The van der Waals surface area contributed by atoms with E-state index < -0.39 is 27.5 Å². The predicted octanol–water partition coefficient (Wildman–Crippen LogP) is 4.36. The molecule has 0 amide bonds. The molecule has 0 saturated carbocycles. The fraction of sp³-hybridized carbons (Fsp3) is 0.100. The van der Waals surface area contributed by atoms with Crippen molar-refractivity contribution >= 4 is 21.5 Å². The average molecular weight is 432 g/mol. The van der Waals surface area contributed by atoms with Crippen molar-refractivity contribution in [3.05, 3.63) is 84.3 Å². The molecule has 2 aromatic carbocycles. The molecule has 0 atom stereocenters. The second kappa shape index (κ2) is 7.45. The lowest BCUT2D eigenvalue weighted by Crippen LogP contribution is -2.15. The van der Waals surface area contributed by atoms with Gasteiger partial charge in [-0.05, 0) is 35.9 Å². The molecule has 0 saturated heterocycles. The molecule has 0 bridgehead atoms. The molecular weight excluding hydrogens is 417 g/mol. The van der Waals surface area contributed by atoms with E-state index >= 15 is 0 Å². The van der Waals surface area contributed by atoms with E-state index in [0.29, 0.717) is 22.7 Å². The number of aromatic nitrogens is 3. The lowest BCUT2D eigenvalue weighted by Gasteiger charge is -2.10. The summed E-state index contributed by atoms with van der Waals surface area (Å²) < 4.78 is 67.1. The van der Waals surface area contributed by atoms with Gasteiger partial charge in [0.15, 0.2) is 0 Å². The summed E-state index contributed by atoms with van der Waals surface area (Å²) in [7, 11) is -3.83. The first-order valence-corrected chi connectivity index (χ1v) is 10.4. The molecule has 0 aliphatic carbocycles. The molecule has 0 aliphatic heterocycles. The lowest BCUT2D eigenvalue weighted by atomic mass is 10.1. The number of nitrogens with zero attached hydrogens (tertiary/aromatic N) is 3. The Hall–Kier alpha value is -3.40. The summed E-state index contributed by atoms with van der Waals surface area (Å²) in [5.41, 5.74) is 1.06. The molecule has 0 spiro atoms. The van der Waals surface area contributed by atoms with Crippen LogP contribution in [0.4, 0.5) is 18.9 Å². The molecule has 2 heterocycles. The van der Waals surface area contributed by atoms with Crippen molar-refractivity contribution in [3.8, 4) is 11.3 Å². The summed E-state index contributed by atoms with van der Waals surface area (Å²) in [6.07, 6.45) is 0.731. The Morgan fingerprint density at radius 1 is 1.03 bits per heavy atom. The van der Waals surface area contributed by atoms with Gasteiger partial charge in [0.25, 0.3) is 0 Å². The van der Waals surface area contributed by atoms with Gasteiger partial charge in [-0.15, -0.1) is 0 Å². The minimum atomic E-state index is -4.47. The van der Waals surface area contributed by atoms with Crippen molar-refractivity contribution in [1.29, 1.82) is 0 Å². The number of rotatable bonds is 5. The van der Waals surface area contributed by atoms with Crippen LogP contribution in [0.25, 0.3) is 17.0 Å². The smallest absolute Gasteiger partial charge is 0.291 e. The third kappa shape index (κ3) is 4.43. The molecular formula is C20H15F3N4O2S. The molecule has 2 aromatic heterocycles. The molecule has 4 aromatic rings. The van der Waals surface area contributed by atoms with Crippen LogP contribution in [0.2, 0.25) is 0 Å². The number of anilines is 1. The maximum absolute atomic E-state index is 12.6. The maximum atomic E-state index is 12.6. The van der Waals surface area contributed by atoms with Gasteiger partial charge in [-0.25, -0.2) is 18.4 Å². The largest absolute Gasteiger partial charge is 0.416 e. The van der Waals surface area contributed by atoms with Gasteiger partial charge in [0.05, 0.1) is 17.0 Å². The van der Waals surface area contributed by atoms with E-state index in [1.807, 2.05) is 0 Å². The third-order valence-corrected chi connectivity index (χ3v) is 5.57. The quantitative estimate of drug-likeness (QED) is 0.509. The van der Waals surface area contributed by atoms with E-state index in [1.54, 1.807) is 53.3 Å². The molecule has 6 nitrogen and oxygen atoms in total. The number of hydrogen-bond acceptors (Lipinski definition) is 4. The van der Waals surface area contributed by atoms with E-state index in [9.17, 15) is 21.6 Å². The Kier molecular flexibility index (Phi) is 4.94. The zero-order valence-electron chi connectivity index (χ0n) is 15.3. The molecule has 1 N–H and O–H groups in total. The standard InChI is InChI=1S/C20H15F3N4O2S/c21-20(22,23)16-7-5-14(6-8-16)13-30(28,29)26-17-4-1-3-15(11-17)18-12-27-10-2-9-24-19(27)25-18/h1-12,26H,13H2. The number of hydrogen-bond donors (Lipinski definition) is 1. The monoisotopic (exact) mass is 432 g/mol. The van der Waals surface area contributed by atoms with E-state index in [0.717, 1.165) is 24.3 Å².